The summed E-state index contributed by atoms with van der Waals surface area (Å²) in [6.07, 6.45) is -1.47. The molecule has 132 valence electrons. The van der Waals surface area contributed by atoms with Gasteiger partial charge in [-0.25, -0.2) is 4.98 Å². The molecule has 0 fully saturated rings. The van der Waals surface area contributed by atoms with Gasteiger partial charge in [-0.05, 0) is 24.8 Å². The van der Waals surface area contributed by atoms with E-state index in [9.17, 15) is 18.0 Å². The minimum absolute atomic E-state index is 0.0728. The van der Waals surface area contributed by atoms with Gasteiger partial charge in [0.05, 0.1) is 25.1 Å². The molecule has 0 spiro atoms. The van der Waals surface area contributed by atoms with Crippen molar-refractivity contribution in [3.8, 4) is 0 Å². The van der Waals surface area contributed by atoms with E-state index in [0.717, 1.165) is 24.8 Å². The van der Waals surface area contributed by atoms with Crippen molar-refractivity contribution in [2.75, 3.05) is 26.8 Å². The molecule has 2 aromatic heterocycles. The Kier molecular flexibility index (Phi) is 4.93. The van der Waals surface area contributed by atoms with Crippen molar-refractivity contribution in [3.05, 3.63) is 26.6 Å². The van der Waals surface area contributed by atoms with Crippen molar-refractivity contribution in [2.24, 2.45) is 0 Å². The predicted octanol–water partition coefficient (Wildman–Crippen LogP) is 2.48. The van der Waals surface area contributed by atoms with Crippen LogP contribution in [0.3, 0.4) is 0 Å². The summed E-state index contributed by atoms with van der Waals surface area (Å²) in [7, 11) is 1.44. The van der Waals surface area contributed by atoms with Crippen molar-refractivity contribution in [3.63, 3.8) is 0 Å². The minimum atomic E-state index is -4.32. The van der Waals surface area contributed by atoms with Gasteiger partial charge in [-0.1, -0.05) is 0 Å². The molecule has 0 aromatic carbocycles. The molecule has 2 aromatic rings. The molecule has 0 saturated heterocycles. The average molecular weight is 361 g/mol. The van der Waals surface area contributed by atoms with E-state index in [1.807, 2.05) is 0 Å². The van der Waals surface area contributed by atoms with Gasteiger partial charge in [0, 0.05) is 18.5 Å². The molecule has 5 nitrogen and oxygen atoms in total. The summed E-state index contributed by atoms with van der Waals surface area (Å²) in [6.45, 7) is -0.857. The summed E-state index contributed by atoms with van der Waals surface area (Å²) in [5, 5.41) is 0.607. The zero-order valence-electron chi connectivity index (χ0n) is 13.2. The monoisotopic (exact) mass is 361 g/mol. The van der Waals surface area contributed by atoms with Crippen molar-refractivity contribution in [2.45, 2.75) is 32.0 Å². The number of alkyl halides is 3. The van der Waals surface area contributed by atoms with Crippen LogP contribution < -0.4 is 5.56 Å². The highest BCUT2D eigenvalue weighted by molar-refractivity contribution is 7.18. The summed E-state index contributed by atoms with van der Waals surface area (Å²) in [4.78, 5) is 22.4. The van der Waals surface area contributed by atoms with Crippen LogP contribution in [-0.2, 0) is 24.1 Å². The number of aromatic nitrogens is 2. The van der Waals surface area contributed by atoms with E-state index in [2.05, 4.69) is 9.97 Å². The lowest BCUT2D eigenvalue weighted by Gasteiger charge is -2.22. The Morgan fingerprint density at radius 1 is 1.38 bits per heavy atom. The lowest BCUT2D eigenvalue weighted by Crippen LogP contribution is -2.36. The number of methoxy groups -OCH3 is 1. The van der Waals surface area contributed by atoms with E-state index in [-0.39, 0.29) is 31.1 Å². The fourth-order valence-corrected chi connectivity index (χ4v) is 4.30. The van der Waals surface area contributed by atoms with Gasteiger partial charge in [-0.15, -0.1) is 11.3 Å². The average Bonchev–Trinajstić information content (AvgIpc) is 3.03. The summed E-state index contributed by atoms with van der Waals surface area (Å²) < 4.78 is 43.0. The van der Waals surface area contributed by atoms with Gasteiger partial charge in [0.1, 0.15) is 10.7 Å². The van der Waals surface area contributed by atoms with Crippen LogP contribution in [0.4, 0.5) is 13.2 Å². The zero-order chi connectivity index (χ0) is 17.3. The third-order valence-electron chi connectivity index (χ3n) is 4.01. The van der Waals surface area contributed by atoms with Gasteiger partial charge >= 0.3 is 6.18 Å². The highest BCUT2D eigenvalue weighted by Gasteiger charge is 2.31. The molecule has 1 aliphatic carbocycles. The Hall–Kier alpha value is -1.45. The largest absolute Gasteiger partial charge is 0.401 e. The molecule has 3 rings (SSSR count). The quantitative estimate of drug-likeness (QED) is 0.859. The first-order valence-corrected chi connectivity index (χ1v) is 8.50. The maximum Gasteiger partial charge on any atom is 0.401 e. The van der Waals surface area contributed by atoms with Gasteiger partial charge < -0.3 is 9.72 Å². The molecule has 0 amide bonds. The van der Waals surface area contributed by atoms with Crippen LogP contribution in [0.15, 0.2) is 4.79 Å². The fraction of sp³-hybridized carbons (Fsp3) is 0.600. The minimum Gasteiger partial charge on any atom is -0.383 e. The Morgan fingerprint density at radius 2 is 2.17 bits per heavy atom. The molecular weight excluding hydrogens is 343 g/mol. The van der Waals surface area contributed by atoms with E-state index in [4.69, 9.17) is 4.74 Å². The lowest BCUT2D eigenvalue weighted by atomic mass is 10.2. The summed E-state index contributed by atoms with van der Waals surface area (Å²) in [6, 6.07) is 0. The number of aromatic amines is 1. The number of fused-ring (bicyclic) bond motifs is 3. The van der Waals surface area contributed by atoms with Crippen LogP contribution >= 0.6 is 11.3 Å². The van der Waals surface area contributed by atoms with Gasteiger partial charge in [0.25, 0.3) is 5.56 Å². The first-order chi connectivity index (χ1) is 11.4. The second-order valence-corrected chi connectivity index (χ2v) is 6.95. The molecule has 2 heterocycles. The summed E-state index contributed by atoms with van der Waals surface area (Å²) in [5.74, 6) is 0.257. The Morgan fingerprint density at radius 3 is 2.88 bits per heavy atom. The Bertz CT molecular complexity index is 785. The standard InChI is InChI=1S/C15H18F3N3O2S/c1-23-6-5-21(8-15(16,17)18)7-11-19-13(22)12-9-3-2-4-10(9)24-14(12)20-11/h2-8H2,1H3,(H,19,20,22). The number of ether oxygens (including phenoxy) is 1. The van der Waals surface area contributed by atoms with Crippen LogP contribution in [0.2, 0.25) is 0 Å². The summed E-state index contributed by atoms with van der Waals surface area (Å²) in [5.41, 5.74) is 0.801. The molecule has 1 N–H and O–H groups in total. The topological polar surface area (TPSA) is 58.2 Å². The van der Waals surface area contributed by atoms with E-state index in [0.29, 0.717) is 10.2 Å². The van der Waals surface area contributed by atoms with E-state index in [1.165, 1.54) is 28.2 Å². The van der Waals surface area contributed by atoms with Crippen LogP contribution in [-0.4, -0.2) is 47.9 Å². The van der Waals surface area contributed by atoms with Crippen molar-refractivity contribution in [1.82, 2.24) is 14.9 Å². The highest BCUT2D eigenvalue weighted by Crippen LogP contribution is 2.34. The Labute approximate surface area is 140 Å². The van der Waals surface area contributed by atoms with E-state index < -0.39 is 12.7 Å². The predicted molar refractivity (Wildman–Crippen MR) is 85.5 cm³/mol. The molecule has 0 radical (unpaired) electrons. The normalized spacial score (nSPS) is 14.7. The number of hydrogen-bond acceptors (Lipinski definition) is 5. The maximum atomic E-state index is 12.7. The number of rotatable bonds is 6. The molecule has 0 bridgehead atoms. The van der Waals surface area contributed by atoms with Crippen LogP contribution in [0.25, 0.3) is 10.2 Å². The van der Waals surface area contributed by atoms with E-state index >= 15 is 0 Å². The zero-order valence-corrected chi connectivity index (χ0v) is 14.0. The van der Waals surface area contributed by atoms with Gasteiger partial charge in [-0.3, -0.25) is 9.69 Å². The van der Waals surface area contributed by atoms with Crippen molar-refractivity contribution in [1.29, 1.82) is 0 Å². The van der Waals surface area contributed by atoms with Gasteiger partial charge in [0.15, 0.2) is 0 Å². The van der Waals surface area contributed by atoms with Gasteiger partial charge in [-0.2, -0.15) is 13.2 Å². The second-order valence-electron chi connectivity index (χ2n) is 5.87. The molecule has 9 heteroatoms. The van der Waals surface area contributed by atoms with Gasteiger partial charge in [0.2, 0.25) is 0 Å². The maximum absolute atomic E-state index is 12.7. The lowest BCUT2D eigenvalue weighted by molar-refractivity contribution is -0.148. The molecule has 0 atom stereocenters. The number of nitrogens with one attached hydrogen (secondary N) is 1. The van der Waals surface area contributed by atoms with Crippen LogP contribution in [0.1, 0.15) is 22.7 Å². The van der Waals surface area contributed by atoms with Crippen LogP contribution in [0, 0.1) is 0 Å². The molecule has 24 heavy (non-hydrogen) atoms. The molecule has 0 unspecified atom stereocenters. The second kappa shape index (κ2) is 6.81. The number of H-pyrrole nitrogens is 1. The Balaban J connectivity index is 1.86. The molecule has 0 saturated carbocycles. The highest BCUT2D eigenvalue weighted by atomic mass is 32.1. The number of hydrogen-bond donors (Lipinski definition) is 1. The number of nitrogens with zero attached hydrogens (tertiary/aromatic N) is 2. The van der Waals surface area contributed by atoms with Crippen molar-refractivity contribution < 1.29 is 17.9 Å². The number of thiophene rings is 1. The SMILES string of the molecule is COCCN(Cc1nc2sc3c(c2c(=O)[nH]1)CCC3)CC(F)(F)F. The summed E-state index contributed by atoms with van der Waals surface area (Å²) >= 11 is 1.48. The smallest absolute Gasteiger partial charge is 0.383 e. The molecule has 0 aliphatic heterocycles. The third-order valence-corrected chi connectivity index (χ3v) is 5.20. The first-order valence-electron chi connectivity index (χ1n) is 7.69. The number of halogens is 3. The molecule has 1 aliphatic rings. The first kappa shape index (κ1) is 17.4. The van der Waals surface area contributed by atoms with Crippen molar-refractivity contribution >= 4 is 21.6 Å². The number of aryl methyl sites for hydroxylation is 2. The van der Waals surface area contributed by atoms with Crippen LogP contribution in [0.5, 0.6) is 0 Å². The van der Waals surface area contributed by atoms with E-state index in [1.54, 1.807) is 0 Å². The molecular formula is C15H18F3N3O2S. The third kappa shape index (κ3) is 3.79. The fourth-order valence-electron chi connectivity index (χ4n) is 3.02.